The molecule has 0 fully saturated rings. The molecule has 0 saturated carbocycles. The maximum absolute atomic E-state index is 3.89. The van der Waals surface area contributed by atoms with Gasteiger partial charge in [-0.05, 0) is 25.7 Å². The van der Waals surface area contributed by atoms with E-state index in [-0.39, 0.29) is 0 Å². The molecule has 0 aromatic rings. The van der Waals surface area contributed by atoms with Gasteiger partial charge in [0.25, 0.3) is 0 Å². The minimum atomic E-state index is 0.971. The molecule has 0 bridgehead atoms. The highest BCUT2D eigenvalue weighted by Crippen LogP contribution is 2.20. The molecule has 0 aromatic heterocycles. The first kappa shape index (κ1) is 16.7. The lowest BCUT2D eigenvalue weighted by atomic mass is 9.92. The summed E-state index contributed by atoms with van der Waals surface area (Å²) in [4.78, 5) is 0. The van der Waals surface area contributed by atoms with Crippen molar-refractivity contribution in [3.05, 3.63) is 26.0 Å². The molecule has 0 amide bonds. The van der Waals surface area contributed by atoms with Gasteiger partial charge in [-0.2, -0.15) is 0 Å². The Labute approximate surface area is 110 Å². The van der Waals surface area contributed by atoms with E-state index in [4.69, 9.17) is 0 Å². The second-order valence-electron chi connectivity index (χ2n) is 5.09. The fourth-order valence-electron chi connectivity index (χ4n) is 2.33. The molecule has 0 saturated heterocycles. The first-order chi connectivity index (χ1) is 8.35. The lowest BCUT2D eigenvalue weighted by molar-refractivity contribution is 0.398. The van der Waals surface area contributed by atoms with Gasteiger partial charge in [0.15, 0.2) is 0 Å². The zero-order chi connectivity index (χ0) is 12.8. The summed E-state index contributed by atoms with van der Waals surface area (Å²) in [5.74, 6) is 0.971. The standard InChI is InChI=1S/C17H32/c1-4-7-9-11-13-15-17(6-3)16-14-12-10-8-5-2/h4,7,17H,1-2,5-6,8-16H2,3H3. The van der Waals surface area contributed by atoms with Crippen molar-refractivity contribution in [3.63, 3.8) is 0 Å². The second kappa shape index (κ2) is 13.8. The molecule has 0 heteroatoms. The highest BCUT2D eigenvalue weighted by Gasteiger charge is 2.05. The maximum Gasteiger partial charge on any atom is -0.0316 e. The summed E-state index contributed by atoms with van der Waals surface area (Å²) < 4.78 is 0. The van der Waals surface area contributed by atoms with E-state index in [0.717, 1.165) is 12.3 Å². The van der Waals surface area contributed by atoms with Crippen molar-refractivity contribution in [3.8, 4) is 0 Å². The zero-order valence-corrected chi connectivity index (χ0v) is 11.9. The lowest BCUT2D eigenvalue weighted by Gasteiger charge is -2.14. The van der Waals surface area contributed by atoms with Gasteiger partial charge in [0.2, 0.25) is 0 Å². The van der Waals surface area contributed by atoms with Crippen LogP contribution in [-0.2, 0) is 0 Å². The predicted octanol–water partition coefficient (Wildman–Crippen LogP) is 6.14. The van der Waals surface area contributed by atoms with Crippen molar-refractivity contribution < 1.29 is 0 Å². The molecule has 100 valence electrons. The number of hydrogen-bond donors (Lipinski definition) is 0. The van der Waals surface area contributed by atoms with E-state index in [1.54, 1.807) is 0 Å². The van der Waals surface area contributed by atoms with Crippen molar-refractivity contribution in [2.75, 3.05) is 0 Å². The van der Waals surface area contributed by atoms with E-state index < -0.39 is 0 Å². The molecule has 0 N–H and O–H groups in total. The Bertz CT molecular complexity index is 157. The van der Waals surface area contributed by atoms with Gasteiger partial charge in [-0.1, -0.05) is 83.8 Å². The smallest absolute Gasteiger partial charge is 0.0316 e. The summed E-state index contributed by atoms with van der Waals surface area (Å²) in [6, 6.07) is 0. The minimum Gasteiger partial charge on any atom is -0.0885 e. The third kappa shape index (κ3) is 12.0. The van der Waals surface area contributed by atoms with Crippen LogP contribution < -0.4 is 0 Å². The van der Waals surface area contributed by atoms with Crippen LogP contribution in [0.3, 0.4) is 0 Å². The largest absolute Gasteiger partial charge is 0.0885 e. The Morgan fingerprint density at radius 3 is 2.18 bits per heavy atom. The normalized spacial score (nSPS) is 13.4. The fraction of sp³-hybridized carbons (Fsp3) is 0.765. The average Bonchev–Trinajstić information content (AvgIpc) is 2.36. The Balaban J connectivity index is 3.36. The van der Waals surface area contributed by atoms with Gasteiger partial charge in [0.1, 0.15) is 0 Å². The summed E-state index contributed by atoms with van der Waals surface area (Å²) >= 11 is 0. The van der Waals surface area contributed by atoms with Crippen LogP contribution in [0.5, 0.6) is 0 Å². The van der Waals surface area contributed by atoms with E-state index in [9.17, 15) is 0 Å². The first-order valence-corrected chi connectivity index (χ1v) is 7.58. The topological polar surface area (TPSA) is 0 Å². The van der Waals surface area contributed by atoms with Crippen LogP contribution in [0, 0.1) is 19.8 Å². The van der Waals surface area contributed by atoms with Crippen LogP contribution in [0.4, 0.5) is 0 Å². The number of allylic oxidation sites excluding steroid dienone is 2. The predicted molar refractivity (Wildman–Crippen MR) is 79.8 cm³/mol. The molecule has 0 aliphatic rings. The number of rotatable bonds is 12. The molecule has 0 rings (SSSR count). The zero-order valence-electron chi connectivity index (χ0n) is 11.9. The Kier molecular flexibility index (Phi) is 13.6. The van der Waals surface area contributed by atoms with Gasteiger partial charge < -0.3 is 0 Å². The second-order valence-corrected chi connectivity index (χ2v) is 5.09. The first-order valence-electron chi connectivity index (χ1n) is 7.58. The SMILES string of the molecule is [CH2]C=CCCCCC(CC)CCCCCC[CH2]. The van der Waals surface area contributed by atoms with Crippen molar-refractivity contribution >= 4 is 0 Å². The van der Waals surface area contributed by atoms with E-state index in [0.29, 0.717) is 0 Å². The van der Waals surface area contributed by atoms with Crippen LogP contribution in [0.15, 0.2) is 12.2 Å². The molecule has 17 heavy (non-hydrogen) atoms. The summed E-state index contributed by atoms with van der Waals surface area (Å²) in [5.41, 5.74) is 0. The summed E-state index contributed by atoms with van der Waals surface area (Å²) in [6.07, 6.45) is 18.9. The van der Waals surface area contributed by atoms with Crippen LogP contribution in [0.25, 0.3) is 0 Å². The number of hydrogen-bond acceptors (Lipinski definition) is 0. The third-order valence-corrected chi connectivity index (χ3v) is 3.59. The molecule has 0 nitrogen and oxygen atoms in total. The molecular weight excluding hydrogens is 204 g/mol. The average molecular weight is 236 g/mol. The minimum absolute atomic E-state index is 0.971. The maximum atomic E-state index is 3.89. The molecule has 1 atom stereocenters. The van der Waals surface area contributed by atoms with E-state index in [2.05, 4.69) is 26.8 Å². The molecule has 0 heterocycles. The van der Waals surface area contributed by atoms with E-state index >= 15 is 0 Å². The Hall–Kier alpha value is -0.260. The van der Waals surface area contributed by atoms with Crippen molar-refractivity contribution in [1.82, 2.24) is 0 Å². The fourth-order valence-corrected chi connectivity index (χ4v) is 2.33. The van der Waals surface area contributed by atoms with Gasteiger partial charge in [-0.25, -0.2) is 0 Å². The van der Waals surface area contributed by atoms with Crippen LogP contribution in [0.2, 0.25) is 0 Å². The lowest BCUT2D eigenvalue weighted by Crippen LogP contribution is -1.99. The van der Waals surface area contributed by atoms with E-state index in [1.165, 1.54) is 64.2 Å². The summed E-state index contributed by atoms with van der Waals surface area (Å²) in [7, 11) is 0. The van der Waals surface area contributed by atoms with Gasteiger partial charge in [0.05, 0.1) is 0 Å². The highest BCUT2D eigenvalue weighted by atomic mass is 14.1. The Morgan fingerprint density at radius 2 is 1.59 bits per heavy atom. The quantitative estimate of drug-likeness (QED) is 0.357. The van der Waals surface area contributed by atoms with Crippen molar-refractivity contribution in [2.45, 2.75) is 77.6 Å². The molecule has 1 unspecified atom stereocenters. The van der Waals surface area contributed by atoms with Crippen molar-refractivity contribution in [1.29, 1.82) is 0 Å². The summed E-state index contributed by atoms with van der Waals surface area (Å²) in [6.45, 7) is 9.95. The molecule has 0 aromatic carbocycles. The molecule has 0 spiro atoms. The molecule has 2 radical (unpaired) electrons. The van der Waals surface area contributed by atoms with Gasteiger partial charge in [0, 0.05) is 0 Å². The van der Waals surface area contributed by atoms with Crippen LogP contribution in [0.1, 0.15) is 77.6 Å². The van der Waals surface area contributed by atoms with Crippen molar-refractivity contribution in [2.24, 2.45) is 5.92 Å². The van der Waals surface area contributed by atoms with Crippen LogP contribution >= 0.6 is 0 Å². The van der Waals surface area contributed by atoms with Crippen LogP contribution in [-0.4, -0.2) is 0 Å². The monoisotopic (exact) mass is 236 g/mol. The Morgan fingerprint density at radius 1 is 0.941 bits per heavy atom. The van der Waals surface area contributed by atoms with Gasteiger partial charge in [-0.15, -0.1) is 0 Å². The molecular formula is C17H32. The molecule has 0 aliphatic heterocycles. The number of unbranched alkanes of at least 4 members (excludes halogenated alkanes) is 6. The third-order valence-electron chi connectivity index (χ3n) is 3.59. The summed E-state index contributed by atoms with van der Waals surface area (Å²) in [5, 5.41) is 0. The molecule has 0 aliphatic carbocycles. The van der Waals surface area contributed by atoms with Gasteiger partial charge in [-0.3, -0.25) is 0 Å². The van der Waals surface area contributed by atoms with E-state index in [1.807, 2.05) is 6.08 Å². The highest BCUT2D eigenvalue weighted by molar-refractivity contribution is 4.83. The van der Waals surface area contributed by atoms with Gasteiger partial charge >= 0.3 is 0 Å².